The number of hydrogen-bond acceptors (Lipinski definition) is 6. The van der Waals surface area contributed by atoms with Crippen LogP contribution in [0.15, 0.2) is 24.3 Å². The molecule has 0 bridgehead atoms. The zero-order valence-corrected chi connectivity index (χ0v) is 12.5. The van der Waals surface area contributed by atoms with Crippen LogP contribution in [0.25, 0.3) is 0 Å². The minimum Gasteiger partial charge on any atom is -0.508 e. The maximum Gasteiger partial charge on any atom is 0.293 e. The molecule has 3 N–H and O–H groups in total. The number of phenols is 1. The number of aromatic hydroxyl groups is 1. The fraction of sp³-hybridized carbons (Fsp3) is 0.357. The molecule has 1 aliphatic rings. The average molecular weight is 324 g/mol. The molecular weight excluding hydrogens is 308 g/mol. The summed E-state index contributed by atoms with van der Waals surface area (Å²) < 4.78 is 0. The van der Waals surface area contributed by atoms with E-state index in [4.69, 9.17) is 5.11 Å². The van der Waals surface area contributed by atoms with Gasteiger partial charge in [0.05, 0.1) is 5.69 Å². The third-order valence-corrected chi connectivity index (χ3v) is 4.07. The normalized spacial score (nSPS) is 17.9. The van der Waals surface area contributed by atoms with Gasteiger partial charge in [-0.15, -0.1) is 0 Å². The van der Waals surface area contributed by atoms with Crippen molar-refractivity contribution in [1.29, 1.82) is 0 Å². The summed E-state index contributed by atoms with van der Waals surface area (Å²) in [5, 5.41) is 19.4. The summed E-state index contributed by atoms with van der Waals surface area (Å²) in [6.45, 7) is 0.298. The van der Waals surface area contributed by atoms with Crippen molar-refractivity contribution in [3.05, 3.63) is 24.3 Å². The number of nitrogens with one attached hydrogen (secondary N) is 1. The Labute approximate surface area is 131 Å². The molecule has 1 aromatic carbocycles. The van der Waals surface area contributed by atoms with E-state index < -0.39 is 16.4 Å². The van der Waals surface area contributed by atoms with Crippen LogP contribution in [-0.2, 0) is 9.59 Å². The number of thioether (sulfide) groups is 1. The van der Waals surface area contributed by atoms with E-state index in [2.05, 4.69) is 5.32 Å². The molecule has 1 unspecified atom stereocenters. The molecule has 0 aliphatic carbocycles. The molecule has 1 saturated heterocycles. The molecule has 1 atom stereocenters. The van der Waals surface area contributed by atoms with Gasteiger partial charge < -0.3 is 15.5 Å². The van der Waals surface area contributed by atoms with Crippen molar-refractivity contribution in [2.75, 3.05) is 18.1 Å². The lowest BCUT2D eigenvalue weighted by molar-refractivity contribution is -0.124. The number of hydrogen-bond donors (Lipinski definition) is 3. The molecule has 3 amide bonds. The minimum atomic E-state index is -0.774. The zero-order valence-electron chi connectivity index (χ0n) is 11.7. The first-order valence-corrected chi connectivity index (χ1v) is 7.62. The van der Waals surface area contributed by atoms with Crippen LogP contribution in [0, 0.1) is 0 Å². The number of benzene rings is 1. The lowest BCUT2D eigenvalue weighted by atomic mass is 10.2. The number of amides is 3. The maximum atomic E-state index is 12.3. The van der Waals surface area contributed by atoms with E-state index in [1.807, 2.05) is 0 Å². The van der Waals surface area contributed by atoms with Crippen molar-refractivity contribution >= 4 is 34.5 Å². The van der Waals surface area contributed by atoms with Gasteiger partial charge in [-0.2, -0.15) is 0 Å². The monoisotopic (exact) mass is 324 g/mol. The standard InChI is InChI=1S/C14H16N2O5S/c17-6-2-5-15-12(19)8-11-13(20)16(14(21)22-11)9-3-1-4-10(18)7-9/h1,3-4,7,11,17-18H,2,5-6,8H2,(H,15,19). The lowest BCUT2D eigenvalue weighted by Gasteiger charge is -2.14. The highest BCUT2D eigenvalue weighted by molar-refractivity contribution is 8.15. The maximum absolute atomic E-state index is 12.3. The number of rotatable bonds is 6. The number of anilines is 1. The van der Waals surface area contributed by atoms with Gasteiger partial charge in [0, 0.05) is 25.6 Å². The molecule has 118 valence electrons. The summed E-state index contributed by atoms with van der Waals surface area (Å²) in [4.78, 5) is 36.9. The van der Waals surface area contributed by atoms with Crippen LogP contribution in [-0.4, -0.2) is 45.7 Å². The molecule has 0 radical (unpaired) electrons. The Morgan fingerprint density at radius 2 is 2.14 bits per heavy atom. The van der Waals surface area contributed by atoms with Gasteiger partial charge in [-0.25, -0.2) is 4.90 Å². The Hall–Kier alpha value is -2.06. The number of carbonyl (C=O) groups is 3. The van der Waals surface area contributed by atoms with Gasteiger partial charge in [0.15, 0.2) is 0 Å². The first-order valence-electron chi connectivity index (χ1n) is 6.74. The summed E-state index contributed by atoms with van der Waals surface area (Å²) in [5.74, 6) is -0.865. The molecule has 8 heteroatoms. The number of imide groups is 1. The van der Waals surface area contributed by atoms with Gasteiger partial charge in [0.1, 0.15) is 11.0 Å². The number of aliphatic hydroxyl groups excluding tert-OH is 1. The second kappa shape index (κ2) is 7.28. The van der Waals surface area contributed by atoms with E-state index >= 15 is 0 Å². The molecule has 1 aromatic rings. The van der Waals surface area contributed by atoms with Crippen LogP contribution in [0.3, 0.4) is 0 Å². The zero-order chi connectivity index (χ0) is 16.1. The first kappa shape index (κ1) is 16.3. The predicted molar refractivity (Wildman–Crippen MR) is 81.7 cm³/mol. The molecule has 0 saturated carbocycles. The first-order chi connectivity index (χ1) is 10.5. The third kappa shape index (κ3) is 3.77. The van der Waals surface area contributed by atoms with E-state index in [0.29, 0.717) is 13.0 Å². The second-order valence-electron chi connectivity index (χ2n) is 4.70. The average Bonchev–Trinajstić information content (AvgIpc) is 2.73. The van der Waals surface area contributed by atoms with Gasteiger partial charge in [-0.1, -0.05) is 6.07 Å². The predicted octanol–water partition coefficient (Wildman–Crippen LogP) is 0.849. The lowest BCUT2D eigenvalue weighted by Crippen LogP contribution is -2.34. The fourth-order valence-electron chi connectivity index (χ4n) is 2.00. The SMILES string of the molecule is O=C(CC1SC(=O)N(c2cccc(O)c2)C1=O)NCCCO. The van der Waals surface area contributed by atoms with Gasteiger partial charge in [-0.3, -0.25) is 14.4 Å². The Balaban J connectivity index is 2.01. The fourth-order valence-corrected chi connectivity index (χ4v) is 2.99. The van der Waals surface area contributed by atoms with Crippen molar-refractivity contribution < 1.29 is 24.6 Å². The Morgan fingerprint density at radius 1 is 1.36 bits per heavy atom. The van der Waals surface area contributed by atoms with E-state index in [1.165, 1.54) is 18.2 Å². The smallest absolute Gasteiger partial charge is 0.293 e. The topological polar surface area (TPSA) is 107 Å². The number of carbonyl (C=O) groups excluding carboxylic acids is 3. The van der Waals surface area contributed by atoms with Crippen LogP contribution in [0.4, 0.5) is 10.5 Å². The molecule has 0 spiro atoms. The van der Waals surface area contributed by atoms with E-state index in [1.54, 1.807) is 6.07 Å². The quantitative estimate of drug-likeness (QED) is 0.670. The summed E-state index contributed by atoms with van der Waals surface area (Å²) >= 11 is 0.796. The van der Waals surface area contributed by atoms with E-state index in [0.717, 1.165) is 16.7 Å². The van der Waals surface area contributed by atoms with Crippen LogP contribution < -0.4 is 10.2 Å². The molecule has 1 heterocycles. The molecule has 22 heavy (non-hydrogen) atoms. The minimum absolute atomic E-state index is 0.0266. The second-order valence-corrected chi connectivity index (χ2v) is 5.85. The van der Waals surface area contributed by atoms with E-state index in [-0.39, 0.29) is 30.4 Å². The van der Waals surface area contributed by atoms with Gasteiger partial charge >= 0.3 is 0 Å². The van der Waals surface area contributed by atoms with Crippen LogP contribution in [0.2, 0.25) is 0 Å². The largest absolute Gasteiger partial charge is 0.508 e. The van der Waals surface area contributed by atoms with E-state index in [9.17, 15) is 19.5 Å². The van der Waals surface area contributed by atoms with Crippen molar-refractivity contribution in [1.82, 2.24) is 5.32 Å². The molecule has 2 rings (SSSR count). The highest BCUT2D eigenvalue weighted by Crippen LogP contribution is 2.34. The van der Waals surface area contributed by atoms with Crippen molar-refractivity contribution in [3.63, 3.8) is 0 Å². The number of phenolic OH excluding ortho intramolecular Hbond substituents is 1. The summed E-state index contributed by atoms with van der Waals surface area (Å²) in [5.41, 5.74) is 0.283. The number of nitrogens with zero attached hydrogens (tertiary/aromatic N) is 1. The molecule has 7 nitrogen and oxygen atoms in total. The number of aliphatic hydroxyl groups is 1. The van der Waals surface area contributed by atoms with Crippen molar-refractivity contribution in [2.24, 2.45) is 0 Å². The van der Waals surface area contributed by atoms with Crippen LogP contribution >= 0.6 is 11.8 Å². The van der Waals surface area contributed by atoms with Crippen LogP contribution in [0.1, 0.15) is 12.8 Å². The van der Waals surface area contributed by atoms with Gasteiger partial charge in [0.2, 0.25) is 11.8 Å². The Morgan fingerprint density at radius 3 is 2.82 bits per heavy atom. The molecular formula is C14H16N2O5S. The van der Waals surface area contributed by atoms with Gasteiger partial charge in [0.25, 0.3) is 5.24 Å². The van der Waals surface area contributed by atoms with Crippen molar-refractivity contribution in [2.45, 2.75) is 18.1 Å². The highest BCUT2D eigenvalue weighted by Gasteiger charge is 2.41. The summed E-state index contributed by atoms with van der Waals surface area (Å²) in [6, 6.07) is 5.83. The summed E-state index contributed by atoms with van der Waals surface area (Å²) in [7, 11) is 0. The Kier molecular flexibility index (Phi) is 5.40. The Bertz CT molecular complexity index is 592. The highest BCUT2D eigenvalue weighted by atomic mass is 32.2. The van der Waals surface area contributed by atoms with Gasteiger partial charge in [-0.05, 0) is 30.3 Å². The van der Waals surface area contributed by atoms with Crippen LogP contribution in [0.5, 0.6) is 5.75 Å². The molecule has 1 fully saturated rings. The molecule has 1 aliphatic heterocycles. The molecule has 0 aromatic heterocycles. The third-order valence-electron chi connectivity index (χ3n) is 3.04. The van der Waals surface area contributed by atoms with Crippen molar-refractivity contribution in [3.8, 4) is 5.75 Å². The summed E-state index contributed by atoms with van der Waals surface area (Å²) in [6.07, 6.45) is 0.335.